The minimum Gasteiger partial charge on any atom is -0.332 e. The first kappa shape index (κ1) is 16.0. The zero-order valence-electron chi connectivity index (χ0n) is 12.5. The second-order valence-corrected chi connectivity index (χ2v) is 6.07. The van der Waals surface area contributed by atoms with Gasteiger partial charge in [-0.25, -0.2) is 9.37 Å². The number of aromatic nitrogens is 1. The van der Waals surface area contributed by atoms with Crippen LogP contribution in [0.3, 0.4) is 0 Å². The van der Waals surface area contributed by atoms with Crippen molar-refractivity contribution in [1.82, 2.24) is 4.98 Å². The molecule has 2 aromatic carbocycles. The van der Waals surface area contributed by atoms with Gasteiger partial charge in [0.1, 0.15) is 12.1 Å². The smallest absolute Gasteiger partial charge is 0.207 e. The Balaban J connectivity index is 1.78. The van der Waals surface area contributed by atoms with E-state index in [-0.39, 0.29) is 5.56 Å². The summed E-state index contributed by atoms with van der Waals surface area (Å²) in [6.07, 6.45) is 2.61. The van der Waals surface area contributed by atoms with Crippen molar-refractivity contribution in [3.63, 3.8) is 0 Å². The lowest BCUT2D eigenvalue weighted by Crippen LogP contribution is -2.01. The second-order valence-electron chi connectivity index (χ2n) is 5.03. The number of aldehydes is 1. The third kappa shape index (κ3) is 3.55. The van der Waals surface area contributed by atoms with Gasteiger partial charge in [-0.2, -0.15) is 0 Å². The quantitative estimate of drug-likeness (QED) is 0.544. The number of hydrogen-bond donors (Lipinski definition) is 1. The molecule has 0 saturated carbocycles. The van der Waals surface area contributed by atoms with Crippen molar-refractivity contribution in [2.75, 3.05) is 5.32 Å². The van der Waals surface area contributed by atoms with Gasteiger partial charge in [-0.1, -0.05) is 35.6 Å². The van der Waals surface area contributed by atoms with Crippen LogP contribution in [0.5, 0.6) is 0 Å². The maximum atomic E-state index is 13.7. The van der Waals surface area contributed by atoms with Crippen LogP contribution in [0.15, 0.2) is 54.7 Å². The van der Waals surface area contributed by atoms with Crippen molar-refractivity contribution in [2.45, 2.75) is 6.42 Å². The number of nitrogens with one attached hydrogen (secondary N) is 1. The van der Waals surface area contributed by atoms with Gasteiger partial charge >= 0.3 is 0 Å². The van der Waals surface area contributed by atoms with Gasteiger partial charge in [-0.15, -0.1) is 0 Å². The number of hydrogen-bond acceptors (Lipinski definition) is 5. The monoisotopic (exact) mass is 340 g/mol. The summed E-state index contributed by atoms with van der Waals surface area (Å²) in [6, 6.07) is 13.2. The van der Waals surface area contributed by atoms with Crippen LogP contribution in [0, 0.1) is 5.82 Å². The highest BCUT2D eigenvalue weighted by Crippen LogP contribution is 2.25. The van der Waals surface area contributed by atoms with Crippen molar-refractivity contribution in [3.8, 4) is 0 Å². The summed E-state index contributed by atoms with van der Waals surface area (Å²) < 4.78 is 13.7. The molecule has 4 nitrogen and oxygen atoms in total. The molecule has 0 unspecified atom stereocenters. The lowest BCUT2D eigenvalue weighted by atomic mass is 10.1. The van der Waals surface area contributed by atoms with Gasteiger partial charge in [0.05, 0.1) is 16.6 Å². The molecule has 1 aromatic heterocycles. The van der Waals surface area contributed by atoms with E-state index < -0.39 is 11.6 Å². The predicted octanol–water partition coefficient (Wildman–Crippen LogP) is 4.00. The van der Waals surface area contributed by atoms with Crippen LogP contribution in [0.4, 0.5) is 15.2 Å². The number of carbonyl (C=O) groups excluding carboxylic acids is 2. The molecule has 0 spiro atoms. The summed E-state index contributed by atoms with van der Waals surface area (Å²) >= 11 is 1.15. The van der Waals surface area contributed by atoms with E-state index in [1.807, 2.05) is 24.3 Å². The fourth-order valence-corrected chi connectivity index (χ4v) is 3.00. The topological polar surface area (TPSA) is 59.1 Å². The maximum absolute atomic E-state index is 13.7. The largest absolute Gasteiger partial charge is 0.332 e. The number of halogens is 1. The Labute approximate surface area is 142 Å². The van der Waals surface area contributed by atoms with Crippen LogP contribution < -0.4 is 5.32 Å². The molecule has 3 rings (SSSR count). The highest BCUT2D eigenvalue weighted by atomic mass is 32.1. The summed E-state index contributed by atoms with van der Waals surface area (Å²) in [5.41, 5.74) is 1.68. The van der Waals surface area contributed by atoms with Crippen LogP contribution in [-0.4, -0.2) is 17.1 Å². The van der Waals surface area contributed by atoms with Gasteiger partial charge in [0.25, 0.3) is 0 Å². The lowest BCUT2D eigenvalue weighted by Gasteiger charge is -2.04. The molecule has 24 heavy (non-hydrogen) atoms. The van der Waals surface area contributed by atoms with Crippen LogP contribution in [0.1, 0.15) is 20.8 Å². The number of rotatable bonds is 6. The fraction of sp³-hybridized carbons (Fsp3) is 0.0556. The Kier molecular flexibility index (Phi) is 4.77. The molecule has 1 N–H and O–H groups in total. The number of ketones is 1. The molecule has 120 valence electrons. The molecule has 1 heterocycles. The van der Waals surface area contributed by atoms with E-state index in [9.17, 15) is 14.0 Å². The van der Waals surface area contributed by atoms with E-state index in [1.54, 1.807) is 6.07 Å². The third-order valence-electron chi connectivity index (χ3n) is 3.35. The minimum atomic E-state index is -0.549. The normalized spacial score (nSPS) is 10.4. The maximum Gasteiger partial charge on any atom is 0.207 e. The number of carbonyl (C=O) groups is 2. The SMILES string of the molecule is O=CCc1cccc(Nc2ncc(C(=O)c3ccccc3F)s2)c1. The first-order chi connectivity index (χ1) is 11.7. The van der Waals surface area contributed by atoms with Gasteiger partial charge in [-0.3, -0.25) is 4.79 Å². The first-order valence-electron chi connectivity index (χ1n) is 7.22. The lowest BCUT2D eigenvalue weighted by molar-refractivity contribution is -0.107. The standard InChI is InChI=1S/C18H13FN2O2S/c19-15-7-2-1-6-14(15)17(23)16-11-20-18(24-16)21-13-5-3-4-12(10-13)8-9-22/h1-7,9-11H,8H2,(H,20,21). The highest BCUT2D eigenvalue weighted by molar-refractivity contribution is 7.17. The Hall–Kier alpha value is -2.86. The van der Waals surface area contributed by atoms with Crippen molar-refractivity contribution < 1.29 is 14.0 Å². The summed E-state index contributed by atoms with van der Waals surface area (Å²) in [5, 5.41) is 3.62. The molecular weight excluding hydrogens is 327 g/mol. The average molecular weight is 340 g/mol. The predicted molar refractivity (Wildman–Crippen MR) is 91.4 cm³/mol. The van der Waals surface area contributed by atoms with Gasteiger partial charge in [-0.05, 0) is 29.8 Å². The van der Waals surface area contributed by atoms with Crippen LogP contribution >= 0.6 is 11.3 Å². The molecule has 0 radical (unpaired) electrons. The number of benzene rings is 2. The summed E-state index contributed by atoms with van der Waals surface area (Å²) in [5.74, 6) is -0.944. The number of nitrogens with zero attached hydrogens (tertiary/aromatic N) is 1. The van der Waals surface area contributed by atoms with Crippen molar-refractivity contribution in [2.24, 2.45) is 0 Å². The number of anilines is 2. The zero-order chi connectivity index (χ0) is 16.9. The van der Waals surface area contributed by atoms with Crippen molar-refractivity contribution in [3.05, 3.63) is 76.5 Å². The van der Waals surface area contributed by atoms with E-state index in [0.717, 1.165) is 28.9 Å². The van der Waals surface area contributed by atoms with E-state index in [2.05, 4.69) is 10.3 Å². The molecule has 0 aliphatic carbocycles. The third-order valence-corrected chi connectivity index (χ3v) is 4.26. The number of thiazole rings is 1. The molecule has 0 amide bonds. The van der Waals surface area contributed by atoms with Crippen molar-refractivity contribution in [1.29, 1.82) is 0 Å². The van der Waals surface area contributed by atoms with Gasteiger partial charge in [0.2, 0.25) is 5.78 Å². The highest BCUT2D eigenvalue weighted by Gasteiger charge is 2.16. The van der Waals surface area contributed by atoms with Crippen LogP contribution in [0.25, 0.3) is 0 Å². The molecular formula is C18H13FN2O2S. The summed E-state index contributed by atoms with van der Waals surface area (Å²) in [7, 11) is 0. The molecule has 0 aliphatic heterocycles. The molecule has 0 aliphatic rings. The van der Waals surface area contributed by atoms with Crippen molar-refractivity contribution >= 4 is 34.2 Å². The Morgan fingerprint density at radius 2 is 2.04 bits per heavy atom. The Morgan fingerprint density at radius 3 is 2.83 bits per heavy atom. The second kappa shape index (κ2) is 7.14. The summed E-state index contributed by atoms with van der Waals surface area (Å²) in [4.78, 5) is 27.4. The molecule has 6 heteroatoms. The average Bonchev–Trinajstić information content (AvgIpc) is 3.04. The Morgan fingerprint density at radius 1 is 1.21 bits per heavy atom. The Bertz CT molecular complexity index is 892. The molecule has 0 atom stereocenters. The summed E-state index contributed by atoms with van der Waals surface area (Å²) in [6.45, 7) is 0. The van der Waals surface area contributed by atoms with Gasteiger partial charge in [0.15, 0.2) is 5.13 Å². The van der Waals surface area contributed by atoms with E-state index in [1.165, 1.54) is 24.4 Å². The van der Waals surface area contributed by atoms with E-state index in [0.29, 0.717) is 16.4 Å². The van der Waals surface area contributed by atoms with Gasteiger partial charge in [0, 0.05) is 12.1 Å². The molecule has 3 aromatic rings. The van der Waals surface area contributed by atoms with E-state index >= 15 is 0 Å². The molecule has 0 bridgehead atoms. The minimum absolute atomic E-state index is 0.0284. The first-order valence-corrected chi connectivity index (χ1v) is 8.03. The van der Waals surface area contributed by atoms with Crippen LogP contribution in [-0.2, 0) is 11.2 Å². The van der Waals surface area contributed by atoms with Gasteiger partial charge < -0.3 is 10.1 Å². The fourth-order valence-electron chi connectivity index (χ4n) is 2.21. The van der Waals surface area contributed by atoms with E-state index in [4.69, 9.17) is 0 Å². The molecule has 0 fully saturated rings. The molecule has 0 saturated heterocycles. The zero-order valence-corrected chi connectivity index (χ0v) is 13.3. The van der Waals surface area contributed by atoms with Crippen LogP contribution in [0.2, 0.25) is 0 Å².